The van der Waals surface area contributed by atoms with E-state index in [1.54, 1.807) is 39.8 Å². The maximum atomic E-state index is 12.1. The maximum absolute atomic E-state index is 12.1. The van der Waals surface area contributed by atoms with Gasteiger partial charge in [0.05, 0.1) is 38.8 Å². The second-order valence-corrected chi connectivity index (χ2v) is 11.8. The van der Waals surface area contributed by atoms with Gasteiger partial charge < -0.3 is 5.73 Å². The molecule has 0 unspecified atom stereocenters. The molecule has 0 fully saturated rings. The number of amides is 1. The van der Waals surface area contributed by atoms with Gasteiger partial charge >= 0.3 is 0 Å². The average molecular weight is 513 g/mol. The molecule has 0 bridgehead atoms. The van der Waals surface area contributed by atoms with Crippen molar-refractivity contribution in [2.75, 3.05) is 6.26 Å². The third-order valence-electron chi connectivity index (χ3n) is 5.87. The van der Waals surface area contributed by atoms with Gasteiger partial charge in [0.1, 0.15) is 0 Å². The first-order valence-electron chi connectivity index (χ1n) is 10.4. The predicted molar refractivity (Wildman–Crippen MR) is 127 cm³/mol. The second kappa shape index (κ2) is 7.86. The summed E-state index contributed by atoms with van der Waals surface area (Å²) in [5.41, 5.74) is 9.80. The number of nitrogens with zero attached hydrogens (tertiary/aromatic N) is 4. The molecule has 180 valence electrons. The van der Waals surface area contributed by atoms with Gasteiger partial charge in [-0.25, -0.2) is 31.3 Å². The van der Waals surface area contributed by atoms with E-state index >= 15 is 0 Å². The van der Waals surface area contributed by atoms with Gasteiger partial charge in [-0.05, 0) is 61.4 Å². The lowest BCUT2D eigenvalue weighted by Gasteiger charge is -2.17. The van der Waals surface area contributed by atoms with E-state index in [1.807, 2.05) is 0 Å². The minimum Gasteiger partial charge on any atom is -0.364 e. The smallest absolute Gasteiger partial charge is 0.269 e. The highest BCUT2D eigenvalue weighted by Crippen LogP contribution is 2.38. The van der Waals surface area contributed by atoms with Crippen molar-refractivity contribution in [1.82, 2.24) is 19.6 Å². The summed E-state index contributed by atoms with van der Waals surface area (Å²) >= 11 is 0. The zero-order valence-corrected chi connectivity index (χ0v) is 20.0. The van der Waals surface area contributed by atoms with Gasteiger partial charge in [0.2, 0.25) is 10.0 Å². The standard InChI is InChI=1S/C22H20N6O5S2/c1-34(30,31)15-6-2-13(3-7-15)27-19-11-10-17-20(22(23)29)26-28(21(17)18(19)12-25-27)14-4-8-16(9-5-14)35(24,32)33/h2-9,12H,10-11H2,1H3,(H2,23,29)(H2,24,32,33). The molecule has 4 N–H and O–H groups in total. The van der Waals surface area contributed by atoms with Crippen LogP contribution in [0.4, 0.5) is 0 Å². The maximum Gasteiger partial charge on any atom is 0.269 e. The van der Waals surface area contributed by atoms with E-state index < -0.39 is 25.8 Å². The largest absolute Gasteiger partial charge is 0.364 e. The molecule has 35 heavy (non-hydrogen) atoms. The van der Waals surface area contributed by atoms with Crippen LogP contribution in [0.2, 0.25) is 0 Å². The molecule has 2 aromatic heterocycles. The number of rotatable bonds is 5. The first kappa shape index (κ1) is 23.0. The van der Waals surface area contributed by atoms with Gasteiger partial charge in [0, 0.05) is 17.4 Å². The number of fused-ring (bicyclic) bond motifs is 3. The highest BCUT2D eigenvalue weighted by molar-refractivity contribution is 7.90. The first-order valence-corrected chi connectivity index (χ1v) is 13.8. The first-order chi connectivity index (χ1) is 16.4. The van der Waals surface area contributed by atoms with Gasteiger partial charge in [0.25, 0.3) is 5.91 Å². The van der Waals surface area contributed by atoms with Crippen molar-refractivity contribution in [3.05, 3.63) is 71.7 Å². The van der Waals surface area contributed by atoms with Crippen LogP contribution in [0.25, 0.3) is 22.6 Å². The number of sulfone groups is 1. The van der Waals surface area contributed by atoms with Crippen molar-refractivity contribution in [2.24, 2.45) is 10.9 Å². The highest BCUT2D eigenvalue weighted by atomic mass is 32.2. The molecular weight excluding hydrogens is 492 g/mol. The van der Waals surface area contributed by atoms with Crippen LogP contribution in [-0.2, 0) is 32.7 Å². The normalized spacial score (nSPS) is 13.3. The molecule has 11 nitrogen and oxygen atoms in total. The van der Waals surface area contributed by atoms with E-state index in [0.717, 1.165) is 17.5 Å². The van der Waals surface area contributed by atoms with E-state index in [0.29, 0.717) is 35.5 Å². The van der Waals surface area contributed by atoms with Gasteiger partial charge in [-0.3, -0.25) is 4.79 Å². The number of benzene rings is 2. The number of primary amides is 1. The van der Waals surface area contributed by atoms with E-state index in [1.165, 1.54) is 24.3 Å². The van der Waals surface area contributed by atoms with Crippen molar-refractivity contribution in [2.45, 2.75) is 22.6 Å². The number of primary sulfonamides is 1. The summed E-state index contributed by atoms with van der Waals surface area (Å²) in [6, 6.07) is 12.2. The van der Waals surface area contributed by atoms with Crippen LogP contribution in [0.15, 0.2) is 64.5 Å². The topological polar surface area (TPSA) is 173 Å². The third kappa shape index (κ3) is 3.92. The Labute approximate surface area is 200 Å². The highest BCUT2D eigenvalue weighted by Gasteiger charge is 2.31. The van der Waals surface area contributed by atoms with Crippen LogP contribution in [-0.4, -0.2) is 48.6 Å². The number of carbonyl (C=O) groups excluding carboxylic acids is 1. The minimum absolute atomic E-state index is 0.0524. The van der Waals surface area contributed by atoms with E-state index in [2.05, 4.69) is 10.2 Å². The summed E-state index contributed by atoms with van der Waals surface area (Å²) < 4.78 is 50.1. The van der Waals surface area contributed by atoms with Crippen LogP contribution in [0.1, 0.15) is 21.7 Å². The van der Waals surface area contributed by atoms with Crippen molar-refractivity contribution >= 4 is 25.8 Å². The number of aromatic nitrogens is 4. The molecule has 2 aromatic carbocycles. The van der Waals surface area contributed by atoms with Crippen molar-refractivity contribution in [1.29, 1.82) is 0 Å². The van der Waals surface area contributed by atoms with Crippen LogP contribution in [0.3, 0.4) is 0 Å². The Morgan fingerprint density at radius 2 is 1.46 bits per heavy atom. The summed E-state index contributed by atoms with van der Waals surface area (Å²) in [6.07, 6.45) is 3.82. The molecule has 5 rings (SSSR count). The molecule has 4 aromatic rings. The number of hydrogen-bond donors (Lipinski definition) is 2. The molecule has 0 atom stereocenters. The van der Waals surface area contributed by atoms with Crippen LogP contribution < -0.4 is 10.9 Å². The summed E-state index contributed by atoms with van der Waals surface area (Å²) in [7, 11) is -7.20. The zero-order chi connectivity index (χ0) is 25.1. The summed E-state index contributed by atoms with van der Waals surface area (Å²) in [5.74, 6) is -0.673. The predicted octanol–water partition coefficient (Wildman–Crippen LogP) is 0.973. The van der Waals surface area contributed by atoms with E-state index in [9.17, 15) is 21.6 Å². The molecule has 13 heteroatoms. The molecule has 1 aliphatic rings. The minimum atomic E-state index is -3.87. The third-order valence-corrected chi connectivity index (χ3v) is 7.93. The number of sulfonamides is 1. The number of hydrogen-bond acceptors (Lipinski definition) is 7. The molecule has 1 amide bonds. The van der Waals surface area contributed by atoms with Gasteiger partial charge in [-0.2, -0.15) is 10.2 Å². The van der Waals surface area contributed by atoms with Gasteiger partial charge in [0.15, 0.2) is 15.5 Å². The number of carbonyl (C=O) groups is 1. The fourth-order valence-electron chi connectivity index (χ4n) is 4.24. The van der Waals surface area contributed by atoms with E-state index in [-0.39, 0.29) is 15.5 Å². The van der Waals surface area contributed by atoms with Crippen molar-refractivity contribution in [3.63, 3.8) is 0 Å². The summed E-state index contributed by atoms with van der Waals surface area (Å²) in [5, 5.41) is 14.1. The molecule has 0 saturated carbocycles. The van der Waals surface area contributed by atoms with Gasteiger partial charge in [-0.1, -0.05) is 0 Å². The van der Waals surface area contributed by atoms with Crippen molar-refractivity contribution in [3.8, 4) is 22.6 Å². The second-order valence-electron chi connectivity index (χ2n) is 8.17. The Morgan fingerprint density at radius 1 is 0.886 bits per heavy atom. The lowest BCUT2D eigenvalue weighted by molar-refractivity contribution is 0.0994. The average Bonchev–Trinajstić information content (AvgIpc) is 3.40. The Balaban J connectivity index is 1.65. The monoisotopic (exact) mass is 512 g/mol. The molecule has 0 radical (unpaired) electrons. The fourth-order valence-corrected chi connectivity index (χ4v) is 5.38. The SMILES string of the molecule is CS(=O)(=O)c1ccc(-n2ncc3c2CCc2c(C(N)=O)nn(-c4ccc(S(N)(=O)=O)cc4)c2-3)cc1. The molecule has 0 saturated heterocycles. The molecule has 1 aliphatic carbocycles. The molecular formula is C22H20N6O5S2. The van der Waals surface area contributed by atoms with Gasteiger partial charge in [-0.15, -0.1) is 0 Å². The molecule has 0 spiro atoms. The Kier molecular flexibility index (Phi) is 5.16. The van der Waals surface area contributed by atoms with Crippen LogP contribution in [0, 0.1) is 0 Å². The number of nitrogens with two attached hydrogens (primary N) is 2. The Bertz CT molecular complexity index is 1700. The van der Waals surface area contributed by atoms with Crippen molar-refractivity contribution < 1.29 is 21.6 Å². The Morgan fingerprint density at radius 3 is 2.00 bits per heavy atom. The summed E-state index contributed by atoms with van der Waals surface area (Å²) in [6.45, 7) is 0. The zero-order valence-electron chi connectivity index (χ0n) is 18.4. The lowest BCUT2D eigenvalue weighted by Crippen LogP contribution is -2.16. The molecule has 0 aliphatic heterocycles. The lowest BCUT2D eigenvalue weighted by atomic mass is 9.93. The van der Waals surface area contributed by atoms with Crippen LogP contribution in [0.5, 0.6) is 0 Å². The summed E-state index contributed by atoms with van der Waals surface area (Å²) in [4.78, 5) is 12.3. The van der Waals surface area contributed by atoms with E-state index in [4.69, 9.17) is 10.9 Å². The van der Waals surface area contributed by atoms with Crippen LogP contribution >= 0.6 is 0 Å². The fraction of sp³-hybridized carbons (Fsp3) is 0.136. The quantitative estimate of drug-likeness (QED) is 0.401. The molecule has 2 heterocycles. The Hall–Kier alpha value is -3.81.